The Hall–Kier alpha value is -4.97. The lowest BCUT2D eigenvalue weighted by molar-refractivity contribution is 0.341. The zero-order chi connectivity index (χ0) is 31.7. The van der Waals surface area contributed by atoms with Crippen molar-refractivity contribution in [3.8, 4) is 39.9 Å². The fourth-order valence-corrected chi connectivity index (χ4v) is 5.67. The van der Waals surface area contributed by atoms with Crippen LogP contribution >= 0.6 is 11.8 Å². The lowest BCUT2D eigenvalue weighted by atomic mass is 10.0. The van der Waals surface area contributed by atoms with E-state index in [2.05, 4.69) is 10.2 Å². The second-order valence-electron chi connectivity index (χ2n) is 9.78. The van der Waals surface area contributed by atoms with Crippen LogP contribution in [0, 0.1) is 29.1 Å². The average molecular weight is 635 g/mol. The van der Waals surface area contributed by atoms with Crippen LogP contribution in [0.5, 0.6) is 17.2 Å². The second kappa shape index (κ2) is 12.6. The van der Waals surface area contributed by atoms with Gasteiger partial charge in [0, 0.05) is 40.9 Å². The second-order valence-corrected chi connectivity index (χ2v) is 10.7. The van der Waals surface area contributed by atoms with Gasteiger partial charge in [-0.25, -0.2) is 26.9 Å². The van der Waals surface area contributed by atoms with Gasteiger partial charge in [-0.2, -0.15) is 0 Å². The molecule has 0 aliphatic carbocycles. The maximum Gasteiger partial charge on any atom is 0.200 e. The molecule has 0 spiro atoms. The summed E-state index contributed by atoms with van der Waals surface area (Å²) in [6.45, 7) is 2.33. The van der Waals surface area contributed by atoms with Crippen molar-refractivity contribution in [2.45, 2.75) is 17.8 Å². The van der Waals surface area contributed by atoms with Crippen LogP contribution in [0.15, 0.2) is 84.0 Å². The molecule has 4 aromatic carbocycles. The van der Waals surface area contributed by atoms with Gasteiger partial charge >= 0.3 is 0 Å². The molecule has 0 aliphatic heterocycles. The molecule has 0 fully saturated rings. The van der Waals surface area contributed by atoms with Gasteiger partial charge in [0.25, 0.3) is 0 Å². The van der Waals surface area contributed by atoms with Crippen molar-refractivity contribution in [2.24, 2.45) is 7.05 Å². The molecule has 0 amide bonds. The summed E-state index contributed by atoms with van der Waals surface area (Å²) >= 11 is 0.784. The molecule has 0 saturated heterocycles. The summed E-state index contributed by atoms with van der Waals surface area (Å²) in [6.07, 6.45) is 0. The number of para-hydroxylation sites is 2. The summed E-state index contributed by atoms with van der Waals surface area (Å²) in [5.74, 6) is -8.31. The van der Waals surface area contributed by atoms with Crippen LogP contribution in [0.1, 0.15) is 12.5 Å². The molecule has 45 heavy (non-hydrogen) atoms. The maximum atomic E-state index is 14.3. The minimum absolute atomic E-state index is 0.194. The van der Waals surface area contributed by atoms with E-state index in [1.807, 2.05) is 73.7 Å². The predicted octanol–water partition coefficient (Wildman–Crippen LogP) is 8.88. The third-order valence-corrected chi connectivity index (χ3v) is 7.99. The minimum atomic E-state index is -2.21. The molecule has 0 radical (unpaired) electrons. The van der Waals surface area contributed by atoms with Gasteiger partial charge in [-0.3, -0.25) is 0 Å². The van der Waals surface area contributed by atoms with Crippen molar-refractivity contribution < 1.29 is 31.4 Å². The fraction of sp³-hybridized carbons (Fsp3) is 0.121. The highest BCUT2D eigenvalue weighted by atomic mass is 32.2. The number of nitrogens with zero attached hydrogens (tertiary/aromatic N) is 4. The number of ether oxygens (including phenoxy) is 2. The van der Waals surface area contributed by atoms with E-state index < -0.39 is 40.4 Å². The number of rotatable bonds is 9. The first-order chi connectivity index (χ1) is 21.8. The molecule has 0 saturated carbocycles. The van der Waals surface area contributed by atoms with Gasteiger partial charge in [-0.1, -0.05) is 42.1 Å². The predicted molar refractivity (Wildman–Crippen MR) is 161 cm³/mol. The van der Waals surface area contributed by atoms with Gasteiger partial charge in [0.1, 0.15) is 17.2 Å². The Morgan fingerprint density at radius 1 is 0.733 bits per heavy atom. The Bertz CT molecular complexity index is 2010. The molecule has 0 aliphatic rings. The van der Waals surface area contributed by atoms with E-state index in [0.29, 0.717) is 51.8 Å². The molecular formula is C33H23F5N4O2S. The van der Waals surface area contributed by atoms with Crippen LogP contribution in [-0.2, 0) is 12.8 Å². The standard InChI is InChI=1S/C33H23F5N4O2S/c1-3-43-26-12-8-7-11-21(26)25-16-22(20-14-13-19(15-24(20)39-25)44-18-9-5-4-6-10-18)32-40-41-33(42(32)2)45-17-23-27(34)29(36)31(38)30(37)28(23)35/h4-16H,3,17H2,1-2H3. The van der Waals surface area contributed by atoms with E-state index in [0.717, 1.165) is 17.3 Å². The highest BCUT2D eigenvalue weighted by Gasteiger charge is 2.26. The molecule has 0 bridgehead atoms. The molecule has 0 N–H and O–H groups in total. The summed E-state index contributed by atoms with van der Waals surface area (Å²) in [7, 11) is 1.64. The number of hydrogen-bond donors (Lipinski definition) is 0. The molecule has 2 heterocycles. The van der Waals surface area contributed by atoms with Crippen LogP contribution < -0.4 is 9.47 Å². The summed E-state index contributed by atoms with van der Waals surface area (Å²) in [6, 6.07) is 24.0. The Labute approximate surface area is 258 Å². The molecule has 6 nitrogen and oxygen atoms in total. The van der Waals surface area contributed by atoms with E-state index in [4.69, 9.17) is 14.5 Å². The van der Waals surface area contributed by atoms with Gasteiger partial charge in [0.05, 0.1) is 17.8 Å². The minimum Gasteiger partial charge on any atom is -0.493 e. The van der Waals surface area contributed by atoms with Gasteiger partial charge in [-0.05, 0) is 49.4 Å². The number of fused-ring (bicyclic) bond motifs is 1. The van der Waals surface area contributed by atoms with E-state index in [1.165, 1.54) is 0 Å². The summed E-state index contributed by atoms with van der Waals surface area (Å²) < 4.78 is 83.1. The first kappa shape index (κ1) is 30.1. The average Bonchev–Trinajstić information content (AvgIpc) is 3.42. The van der Waals surface area contributed by atoms with Crippen LogP contribution in [0.2, 0.25) is 0 Å². The number of hydrogen-bond acceptors (Lipinski definition) is 6. The van der Waals surface area contributed by atoms with Crippen molar-refractivity contribution in [2.75, 3.05) is 6.61 Å². The molecule has 12 heteroatoms. The molecular weight excluding hydrogens is 611 g/mol. The number of pyridine rings is 1. The summed E-state index contributed by atoms with van der Waals surface area (Å²) in [5.41, 5.74) is 1.58. The Morgan fingerprint density at radius 2 is 1.42 bits per heavy atom. The van der Waals surface area contributed by atoms with E-state index in [-0.39, 0.29) is 5.16 Å². The zero-order valence-corrected chi connectivity index (χ0v) is 24.6. The van der Waals surface area contributed by atoms with Crippen LogP contribution in [0.3, 0.4) is 0 Å². The topological polar surface area (TPSA) is 62.1 Å². The smallest absolute Gasteiger partial charge is 0.200 e. The highest BCUT2D eigenvalue weighted by molar-refractivity contribution is 7.98. The normalized spacial score (nSPS) is 11.3. The Morgan fingerprint density at radius 3 is 2.16 bits per heavy atom. The van der Waals surface area contributed by atoms with Gasteiger partial charge in [-0.15, -0.1) is 10.2 Å². The fourth-order valence-electron chi connectivity index (χ4n) is 4.77. The van der Waals surface area contributed by atoms with E-state index >= 15 is 0 Å². The third-order valence-electron chi connectivity index (χ3n) is 6.95. The van der Waals surface area contributed by atoms with Crippen molar-refractivity contribution >= 4 is 22.7 Å². The molecule has 228 valence electrons. The van der Waals surface area contributed by atoms with Crippen molar-refractivity contribution in [3.05, 3.63) is 114 Å². The highest BCUT2D eigenvalue weighted by Crippen LogP contribution is 2.38. The van der Waals surface area contributed by atoms with Crippen molar-refractivity contribution in [3.63, 3.8) is 0 Å². The monoisotopic (exact) mass is 634 g/mol. The number of halogens is 5. The van der Waals surface area contributed by atoms with Crippen LogP contribution in [0.4, 0.5) is 22.0 Å². The van der Waals surface area contributed by atoms with Crippen molar-refractivity contribution in [1.29, 1.82) is 0 Å². The third kappa shape index (κ3) is 5.80. The number of thioether (sulfide) groups is 1. The zero-order valence-electron chi connectivity index (χ0n) is 23.8. The van der Waals surface area contributed by atoms with Gasteiger partial charge in [0.2, 0.25) is 5.82 Å². The number of benzene rings is 4. The van der Waals surface area contributed by atoms with E-state index in [9.17, 15) is 22.0 Å². The lowest BCUT2D eigenvalue weighted by Gasteiger charge is -2.14. The van der Waals surface area contributed by atoms with E-state index in [1.54, 1.807) is 23.7 Å². The van der Waals surface area contributed by atoms with Gasteiger partial charge < -0.3 is 14.0 Å². The first-order valence-corrected chi connectivity index (χ1v) is 14.7. The summed E-state index contributed by atoms with van der Waals surface area (Å²) in [4.78, 5) is 4.92. The van der Waals surface area contributed by atoms with Crippen molar-refractivity contribution in [1.82, 2.24) is 19.7 Å². The maximum absolute atomic E-state index is 14.3. The molecule has 6 aromatic rings. The number of aromatic nitrogens is 4. The lowest BCUT2D eigenvalue weighted by Crippen LogP contribution is -2.06. The quantitative estimate of drug-likeness (QED) is 0.0685. The largest absolute Gasteiger partial charge is 0.493 e. The first-order valence-electron chi connectivity index (χ1n) is 13.7. The Kier molecular flexibility index (Phi) is 8.40. The van der Waals surface area contributed by atoms with Crippen LogP contribution in [0.25, 0.3) is 33.5 Å². The molecule has 0 atom stereocenters. The SMILES string of the molecule is CCOc1ccccc1-c1cc(-c2nnc(SCc3c(F)c(F)c(F)c(F)c3F)n2C)c2ccc(Oc3ccccc3)cc2n1. The molecule has 0 unspecified atom stereocenters. The molecule has 2 aromatic heterocycles. The Balaban J connectivity index is 1.43. The van der Waals surface area contributed by atoms with Crippen LogP contribution in [-0.4, -0.2) is 26.4 Å². The van der Waals surface area contributed by atoms with Gasteiger partial charge in [0.15, 0.2) is 34.2 Å². The summed E-state index contributed by atoms with van der Waals surface area (Å²) in [5, 5.41) is 9.39. The molecule has 6 rings (SSSR count).